The van der Waals surface area contributed by atoms with E-state index in [-0.39, 0.29) is 35.2 Å². The number of carbonyl (C=O) groups is 3. The molecule has 0 aromatic heterocycles. The number of hydrogen-bond donors (Lipinski definition) is 0. The third-order valence-corrected chi connectivity index (χ3v) is 10.8. The second-order valence-corrected chi connectivity index (χ2v) is 14.3. The van der Waals surface area contributed by atoms with Crippen molar-refractivity contribution in [3.05, 3.63) is 0 Å². The quantitative estimate of drug-likeness (QED) is 0.269. The van der Waals surface area contributed by atoms with Gasteiger partial charge in [-0.15, -0.1) is 0 Å². The second-order valence-electron chi connectivity index (χ2n) is 9.52. The van der Waals surface area contributed by atoms with E-state index in [2.05, 4.69) is 47.7 Å². The molecule has 5 nitrogen and oxygen atoms in total. The maximum atomic E-state index is 13.1. The van der Waals surface area contributed by atoms with Crippen molar-refractivity contribution in [3.63, 3.8) is 0 Å². The van der Waals surface area contributed by atoms with E-state index in [9.17, 15) is 14.4 Å². The van der Waals surface area contributed by atoms with Crippen LogP contribution in [0.3, 0.4) is 0 Å². The first-order valence-corrected chi connectivity index (χ1v) is 13.4. The summed E-state index contributed by atoms with van der Waals surface area (Å²) in [6, 6.07) is 0. The van der Waals surface area contributed by atoms with Gasteiger partial charge in [0, 0.05) is 5.92 Å². The predicted octanol–water partition coefficient (Wildman–Crippen LogP) is 5.03. The highest BCUT2D eigenvalue weighted by Gasteiger charge is 2.43. The van der Waals surface area contributed by atoms with Gasteiger partial charge in [-0.2, -0.15) is 0 Å². The van der Waals surface area contributed by atoms with Crippen LogP contribution in [0.4, 0.5) is 0 Å². The molecule has 0 N–H and O–H groups in total. The van der Waals surface area contributed by atoms with E-state index in [0.29, 0.717) is 0 Å². The zero-order valence-corrected chi connectivity index (χ0v) is 20.8. The fourth-order valence-corrected chi connectivity index (χ4v) is 4.39. The fourth-order valence-electron chi connectivity index (χ4n) is 2.92. The first-order valence-electron chi connectivity index (χ1n) is 10.5. The van der Waals surface area contributed by atoms with Crippen molar-refractivity contribution < 1.29 is 23.5 Å². The average molecular weight is 415 g/mol. The van der Waals surface area contributed by atoms with Crippen LogP contribution in [0.2, 0.25) is 18.1 Å². The molecule has 0 bridgehead atoms. The maximum absolute atomic E-state index is 13.1. The van der Waals surface area contributed by atoms with Crippen LogP contribution in [-0.4, -0.2) is 38.6 Å². The lowest BCUT2D eigenvalue weighted by Crippen LogP contribution is -2.49. The number of carbonyl (C=O) groups excluding carboxylic acids is 3. The van der Waals surface area contributed by atoms with Crippen molar-refractivity contribution in [3.8, 4) is 0 Å². The molecule has 0 aliphatic carbocycles. The van der Waals surface area contributed by atoms with Crippen molar-refractivity contribution >= 4 is 25.9 Å². The highest BCUT2D eigenvalue weighted by Crippen LogP contribution is 2.39. The molecule has 2 unspecified atom stereocenters. The van der Waals surface area contributed by atoms with E-state index in [0.717, 1.165) is 6.42 Å². The van der Waals surface area contributed by atoms with E-state index >= 15 is 0 Å². The maximum Gasteiger partial charge on any atom is 0.316 e. The minimum atomic E-state index is -2.08. The lowest BCUT2D eigenvalue weighted by atomic mass is 9.81. The standard InChI is InChI=1S/C22H42O5Si/c1-12-14(3)20(27-28(10,11)22(7,8)9)16(5)18(23)15(4)19(24)17(6)21(25)26-13-2/h14-17,20H,12-13H2,1-11H3/t14-,15?,16-,17?,20-/m0/s1. The summed E-state index contributed by atoms with van der Waals surface area (Å²) in [7, 11) is -2.08. The van der Waals surface area contributed by atoms with Crippen LogP contribution in [0.5, 0.6) is 0 Å². The summed E-state index contributed by atoms with van der Waals surface area (Å²) in [4.78, 5) is 37.7. The molecule has 5 atom stereocenters. The molecule has 0 aromatic carbocycles. The molecular weight excluding hydrogens is 372 g/mol. The summed E-state index contributed by atoms with van der Waals surface area (Å²) in [6.45, 7) is 21.9. The van der Waals surface area contributed by atoms with E-state index in [1.165, 1.54) is 6.92 Å². The Morgan fingerprint density at radius 3 is 1.79 bits per heavy atom. The summed E-state index contributed by atoms with van der Waals surface area (Å²) >= 11 is 0. The zero-order chi connectivity index (χ0) is 22.4. The van der Waals surface area contributed by atoms with Crippen molar-refractivity contribution in [2.75, 3.05) is 6.61 Å². The molecule has 0 heterocycles. The van der Waals surface area contributed by atoms with Gasteiger partial charge in [0.2, 0.25) is 0 Å². The highest BCUT2D eigenvalue weighted by atomic mass is 28.4. The molecule has 6 heteroatoms. The van der Waals surface area contributed by atoms with Crippen molar-refractivity contribution in [1.82, 2.24) is 0 Å². The van der Waals surface area contributed by atoms with Crippen LogP contribution in [0.25, 0.3) is 0 Å². The molecule has 28 heavy (non-hydrogen) atoms. The van der Waals surface area contributed by atoms with Gasteiger partial charge < -0.3 is 9.16 Å². The Kier molecular flexibility index (Phi) is 10.3. The molecular formula is C22H42O5Si. The monoisotopic (exact) mass is 414 g/mol. The topological polar surface area (TPSA) is 69.7 Å². The third-order valence-electron chi connectivity index (χ3n) is 6.30. The Hall–Kier alpha value is -1.01. The van der Waals surface area contributed by atoms with Crippen LogP contribution in [0, 0.1) is 23.7 Å². The number of hydrogen-bond acceptors (Lipinski definition) is 5. The molecule has 0 amide bonds. The molecule has 0 radical (unpaired) electrons. The molecule has 164 valence electrons. The molecule has 0 rings (SSSR count). The number of ketones is 2. The third kappa shape index (κ3) is 6.80. The molecule has 0 saturated heterocycles. The van der Waals surface area contributed by atoms with Gasteiger partial charge in [0.25, 0.3) is 0 Å². The first kappa shape index (κ1) is 27.0. The van der Waals surface area contributed by atoms with Crippen molar-refractivity contribution in [1.29, 1.82) is 0 Å². The summed E-state index contributed by atoms with van der Waals surface area (Å²) in [5.41, 5.74) is 0. The van der Waals surface area contributed by atoms with Gasteiger partial charge >= 0.3 is 5.97 Å². The molecule has 0 saturated carbocycles. The molecule has 0 aliphatic heterocycles. The van der Waals surface area contributed by atoms with Crippen LogP contribution in [-0.2, 0) is 23.5 Å². The van der Waals surface area contributed by atoms with Crippen LogP contribution >= 0.6 is 0 Å². The van der Waals surface area contributed by atoms with E-state index in [1.54, 1.807) is 13.8 Å². The lowest BCUT2D eigenvalue weighted by molar-refractivity contribution is -0.152. The lowest BCUT2D eigenvalue weighted by Gasteiger charge is -2.42. The molecule has 0 aliphatic rings. The summed E-state index contributed by atoms with van der Waals surface area (Å²) in [5.74, 6) is -3.14. The minimum absolute atomic E-state index is 0.0291. The Morgan fingerprint density at radius 1 is 0.893 bits per heavy atom. The van der Waals surface area contributed by atoms with Crippen LogP contribution in [0.1, 0.15) is 68.7 Å². The van der Waals surface area contributed by atoms with E-state index in [1.807, 2.05) is 6.92 Å². The van der Waals surface area contributed by atoms with Crippen LogP contribution < -0.4 is 0 Å². The minimum Gasteiger partial charge on any atom is -0.465 e. The zero-order valence-electron chi connectivity index (χ0n) is 19.8. The Bertz CT molecular complexity index is 550. The normalized spacial score (nSPS) is 18.0. The van der Waals surface area contributed by atoms with Gasteiger partial charge in [-0.3, -0.25) is 14.4 Å². The summed E-state index contributed by atoms with van der Waals surface area (Å²) in [6.07, 6.45) is 0.643. The van der Waals surface area contributed by atoms with E-state index < -0.39 is 32.0 Å². The van der Waals surface area contributed by atoms with Crippen molar-refractivity contribution in [2.45, 2.75) is 93.0 Å². The predicted molar refractivity (Wildman–Crippen MR) is 116 cm³/mol. The van der Waals surface area contributed by atoms with Gasteiger partial charge in [-0.25, -0.2) is 0 Å². The fraction of sp³-hybridized carbons (Fsp3) is 0.864. The SMILES string of the molecule is CCOC(=O)C(C)C(=O)C(C)C(=O)[C@H](C)[C@@H](O[Si](C)(C)C(C)(C)C)[C@@H](C)CC. The van der Waals surface area contributed by atoms with Gasteiger partial charge in [0.1, 0.15) is 11.7 Å². The second kappa shape index (κ2) is 10.7. The first-order chi connectivity index (χ1) is 12.6. The van der Waals surface area contributed by atoms with Gasteiger partial charge in [-0.1, -0.05) is 48.0 Å². The smallest absolute Gasteiger partial charge is 0.316 e. The average Bonchev–Trinajstić information content (AvgIpc) is 2.61. The Labute approximate surface area is 173 Å². The molecule has 0 fully saturated rings. The largest absolute Gasteiger partial charge is 0.465 e. The van der Waals surface area contributed by atoms with E-state index in [4.69, 9.17) is 9.16 Å². The molecule has 0 aromatic rings. The van der Waals surface area contributed by atoms with Gasteiger partial charge in [0.05, 0.1) is 18.6 Å². The Morgan fingerprint density at radius 2 is 1.39 bits per heavy atom. The summed E-state index contributed by atoms with van der Waals surface area (Å²) < 4.78 is 11.6. The number of ether oxygens (including phenoxy) is 1. The van der Waals surface area contributed by atoms with Gasteiger partial charge in [-0.05, 0) is 44.8 Å². The van der Waals surface area contributed by atoms with Crippen LogP contribution in [0.15, 0.2) is 0 Å². The van der Waals surface area contributed by atoms with Gasteiger partial charge in [0.15, 0.2) is 14.1 Å². The Balaban J connectivity index is 5.53. The summed E-state index contributed by atoms with van der Waals surface area (Å²) in [5, 5.41) is 0.0291. The number of rotatable bonds is 11. The van der Waals surface area contributed by atoms with Crippen molar-refractivity contribution in [2.24, 2.45) is 23.7 Å². The number of esters is 1. The highest BCUT2D eigenvalue weighted by molar-refractivity contribution is 6.74. The number of Topliss-reactive ketones (excluding diaryl/α,β-unsaturated/α-hetero) is 2. The molecule has 0 spiro atoms.